The summed E-state index contributed by atoms with van der Waals surface area (Å²) in [5, 5.41) is 0. The van der Waals surface area contributed by atoms with E-state index in [2.05, 4.69) is 88.8 Å². The van der Waals surface area contributed by atoms with Crippen molar-refractivity contribution >= 4 is 0 Å². The van der Waals surface area contributed by atoms with E-state index >= 15 is 0 Å². The number of hydrogen-bond acceptors (Lipinski definition) is 0. The third-order valence-corrected chi connectivity index (χ3v) is 10.5. The van der Waals surface area contributed by atoms with Crippen LogP contribution in [-0.4, -0.2) is 0 Å². The van der Waals surface area contributed by atoms with Crippen LogP contribution in [0.25, 0.3) is 22.4 Å². The zero-order valence-electron chi connectivity index (χ0n) is 23.4. The van der Waals surface area contributed by atoms with Gasteiger partial charge >= 0.3 is 0 Å². The number of benzene rings is 2. The normalized spacial score (nSPS) is 20.4. The first-order chi connectivity index (χ1) is 17.1. The Balaban J connectivity index is 1.29. The van der Waals surface area contributed by atoms with Gasteiger partial charge in [-0.05, 0) is 134 Å². The molecule has 0 radical (unpaired) electrons. The lowest BCUT2D eigenvalue weighted by atomic mass is 9.58. The molecule has 0 atom stereocenters. The van der Waals surface area contributed by atoms with E-state index in [0.717, 1.165) is 12.3 Å². The Bertz CT molecular complexity index is 1320. The first-order valence-electron chi connectivity index (χ1n) is 14.4. The van der Waals surface area contributed by atoms with Crippen LogP contribution < -0.4 is 4.57 Å². The number of aromatic nitrogens is 1. The molecule has 3 aromatic rings. The summed E-state index contributed by atoms with van der Waals surface area (Å²) in [7, 11) is 2.20. The molecule has 0 unspecified atom stereocenters. The van der Waals surface area contributed by atoms with Crippen LogP contribution in [0, 0.1) is 31.6 Å². The maximum atomic E-state index is 2.58. The van der Waals surface area contributed by atoms with Gasteiger partial charge in [0.2, 0.25) is 5.69 Å². The molecular weight excluding hydrogens is 434 g/mol. The van der Waals surface area contributed by atoms with Crippen molar-refractivity contribution in [2.75, 3.05) is 0 Å². The maximum absolute atomic E-state index is 2.58. The predicted octanol–water partition coefficient (Wildman–Crippen LogP) is 8.92. The number of hydrogen-bond donors (Lipinski definition) is 0. The van der Waals surface area contributed by atoms with Crippen LogP contribution in [-0.2, 0) is 13.5 Å². The molecule has 1 aromatic heterocycles. The minimum absolute atomic E-state index is 0.570. The molecule has 3 aliphatic rings. The highest BCUT2D eigenvalue weighted by molar-refractivity contribution is 5.85. The summed E-state index contributed by atoms with van der Waals surface area (Å²) < 4.78 is 2.32. The van der Waals surface area contributed by atoms with Crippen LogP contribution >= 0.6 is 0 Å². The zero-order valence-corrected chi connectivity index (χ0v) is 23.4. The molecule has 0 saturated heterocycles. The van der Waals surface area contributed by atoms with Gasteiger partial charge in [0.05, 0.1) is 5.56 Å². The van der Waals surface area contributed by atoms with Crippen molar-refractivity contribution in [1.82, 2.24) is 0 Å². The van der Waals surface area contributed by atoms with Crippen LogP contribution in [0.2, 0.25) is 0 Å². The summed E-state index contributed by atoms with van der Waals surface area (Å²) in [6.07, 6.45) is 14.7. The quantitative estimate of drug-likeness (QED) is 0.253. The average molecular weight is 479 g/mol. The fourth-order valence-electron chi connectivity index (χ4n) is 7.65. The molecule has 2 saturated carbocycles. The van der Waals surface area contributed by atoms with Crippen molar-refractivity contribution in [2.24, 2.45) is 17.9 Å². The first kappa shape index (κ1) is 24.0. The van der Waals surface area contributed by atoms with Crippen LogP contribution in [0.4, 0.5) is 0 Å². The highest BCUT2D eigenvalue weighted by atomic mass is 14.9. The molecule has 2 aromatic carbocycles. The van der Waals surface area contributed by atoms with Gasteiger partial charge in [-0.3, -0.25) is 0 Å². The van der Waals surface area contributed by atoms with Crippen molar-refractivity contribution < 1.29 is 4.57 Å². The van der Waals surface area contributed by atoms with E-state index in [1.807, 2.05) is 0 Å². The second kappa shape index (κ2) is 8.57. The minimum atomic E-state index is 0.570. The van der Waals surface area contributed by atoms with Gasteiger partial charge in [-0.15, -0.1) is 0 Å². The standard InChI is InChI=1S/C35H44N/c1-23-7-10-29-30-20-27(26-11-13-35(14-12-26)17-15-34(4,5)16-18-35)8-9-28(30)21-31(29)33(23)32-19-24(2)25(3)22-36(32)6/h7-10,19-20,22,26H,11-18,21H2,1-6H3/q+1. The van der Waals surface area contributed by atoms with E-state index in [0.29, 0.717) is 10.8 Å². The molecule has 6 rings (SSSR count). The Hall–Kier alpha value is -2.41. The Kier molecular flexibility index (Phi) is 5.71. The van der Waals surface area contributed by atoms with Crippen molar-refractivity contribution in [1.29, 1.82) is 0 Å². The molecule has 188 valence electrons. The molecule has 2 fully saturated rings. The zero-order chi connectivity index (χ0) is 25.2. The van der Waals surface area contributed by atoms with Crippen LogP contribution in [0.5, 0.6) is 0 Å². The van der Waals surface area contributed by atoms with Gasteiger partial charge in [0.15, 0.2) is 6.20 Å². The third kappa shape index (κ3) is 4.04. The highest BCUT2D eigenvalue weighted by Crippen LogP contribution is 2.55. The summed E-state index contributed by atoms with van der Waals surface area (Å²) >= 11 is 0. The molecule has 1 nitrogen and oxygen atoms in total. The second-order valence-corrected chi connectivity index (χ2v) is 13.5. The van der Waals surface area contributed by atoms with Crippen molar-refractivity contribution in [3.8, 4) is 22.4 Å². The Labute approximate surface area is 219 Å². The minimum Gasteiger partial charge on any atom is -0.201 e. The molecule has 0 amide bonds. The maximum Gasteiger partial charge on any atom is 0.213 e. The van der Waals surface area contributed by atoms with Crippen molar-refractivity contribution in [3.05, 3.63) is 76.0 Å². The van der Waals surface area contributed by atoms with E-state index in [1.54, 1.807) is 5.56 Å². The number of aryl methyl sites for hydroxylation is 4. The van der Waals surface area contributed by atoms with E-state index < -0.39 is 0 Å². The largest absolute Gasteiger partial charge is 0.213 e. The van der Waals surface area contributed by atoms with Gasteiger partial charge < -0.3 is 0 Å². The third-order valence-electron chi connectivity index (χ3n) is 10.5. The van der Waals surface area contributed by atoms with Crippen molar-refractivity contribution in [3.63, 3.8) is 0 Å². The van der Waals surface area contributed by atoms with E-state index in [9.17, 15) is 0 Å². The van der Waals surface area contributed by atoms with E-state index in [-0.39, 0.29) is 0 Å². The van der Waals surface area contributed by atoms with Gasteiger partial charge in [-0.1, -0.05) is 44.2 Å². The lowest BCUT2D eigenvalue weighted by Gasteiger charge is -2.47. The van der Waals surface area contributed by atoms with Crippen LogP contribution in [0.15, 0.2) is 42.6 Å². The number of rotatable bonds is 2. The molecule has 36 heavy (non-hydrogen) atoms. The number of fused-ring (bicyclic) bond motifs is 3. The fourth-order valence-corrected chi connectivity index (χ4v) is 7.65. The summed E-state index contributed by atoms with van der Waals surface area (Å²) in [6.45, 7) is 11.7. The molecule has 1 heteroatoms. The summed E-state index contributed by atoms with van der Waals surface area (Å²) in [4.78, 5) is 0. The predicted molar refractivity (Wildman–Crippen MR) is 151 cm³/mol. The smallest absolute Gasteiger partial charge is 0.201 e. The van der Waals surface area contributed by atoms with Gasteiger partial charge in [0, 0.05) is 11.6 Å². The Morgan fingerprint density at radius 1 is 0.750 bits per heavy atom. The topological polar surface area (TPSA) is 3.88 Å². The summed E-state index contributed by atoms with van der Waals surface area (Å²) in [5.41, 5.74) is 15.7. The lowest BCUT2D eigenvalue weighted by Crippen LogP contribution is -2.34. The molecule has 3 aliphatic carbocycles. The monoisotopic (exact) mass is 478 g/mol. The van der Waals surface area contributed by atoms with Gasteiger partial charge in [0.1, 0.15) is 7.05 Å². The molecule has 0 N–H and O–H groups in total. The SMILES string of the molecule is Cc1cc(-c2c(C)ccc3c2Cc2ccc(C4CCC5(CC4)CCC(C)(C)CC5)cc2-3)[n+](C)cc1C. The molecule has 0 bridgehead atoms. The molecule has 1 heterocycles. The molecular formula is C35H44N+. The van der Waals surface area contributed by atoms with Crippen LogP contribution in [0.3, 0.4) is 0 Å². The Morgan fingerprint density at radius 2 is 1.47 bits per heavy atom. The van der Waals surface area contributed by atoms with E-state index in [4.69, 9.17) is 0 Å². The second-order valence-electron chi connectivity index (χ2n) is 13.5. The van der Waals surface area contributed by atoms with Crippen LogP contribution in [0.1, 0.15) is 105 Å². The lowest BCUT2D eigenvalue weighted by molar-refractivity contribution is -0.660. The van der Waals surface area contributed by atoms with E-state index in [1.165, 1.54) is 102 Å². The summed E-state index contributed by atoms with van der Waals surface area (Å²) in [5.74, 6) is 0.738. The Morgan fingerprint density at radius 3 is 2.19 bits per heavy atom. The first-order valence-corrected chi connectivity index (χ1v) is 14.4. The summed E-state index contributed by atoms with van der Waals surface area (Å²) in [6, 6.07) is 14.6. The number of pyridine rings is 1. The fraction of sp³-hybridized carbons (Fsp3) is 0.514. The average Bonchev–Trinajstić information content (AvgIpc) is 3.22. The molecule has 1 spiro atoms. The number of nitrogens with zero attached hydrogens (tertiary/aromatic N) is 1. The van der Waals surface area contributed by atoms with Gasteiger partial charge in [-0.2, -0.15) is 0 Å². The van der Waals surface area contributed by atoms with Crippen molar-refractivity contribution in [2.45, 2.75) is 98.3 Å². The highest BCUT2D eigenvalue weighted by Gasteiger charge is 2.41. The molecule has 0 aliphatic heterocycles. The van der Waals surface area contributed by atoms with Gasteiger partial charge in [0.25, 0.3) is 0 Å². The van der Waals surface area contributed by atoms with Gasteiger partial charge in [-0.25, -0.2) is 4.57 Å².